The standard InChI is InChI=1S/C13H17NO3/c1-9(2)14-17-8-11-4-6-12(7-5-11)10(3)13(15)16/h4-7,10H,8H2,1-3H3,(H,15,16). The number of rotatable bonds is 5. The SMILES string of the molecule is CC(C)=NOCc1ccc(C(C)C(=O)O)cc1. The fraction of sp³-hybridized carbons (Fsp3) is 0.385. The molecule has 1 aromatic carbocycles. The van der Waals surface area contributed by atoms with Crippen LogP contribution in [0.1, 0.15) is 37.8 Å². The number of hydrogen-bond acceptors (Lipinski definition) is 3. The van der Waals surface area contributed by atoms with Crippen LogP contribution in [0.25, 0.3) is 0 Å². The average molecular weight is 235 g/mol. The van der Waals surface area contributed by atoms with Crippen LogP contribution in [0.4, 0.5) is 0 Å². The first-order valence-corrected chi connectivity index (χ1v) is 5.45. The van der Waals surface area contributed by atoms with Crippen LogP contribution in [-0.4, -0.2) is 16.8 Å². The fourth-order valence-electron chi connectivity index (χ4n) is 1.28. The number of benzene rings is 1. The summed E-state index contributed by atoms with van der Waals surface area (Å²) in [5.74, 6) is -1.30. The van der Waals surface area contributed by atoms with E-state index in [-0.39, 0.29) is 0 Å². The van der Waals surface area contributed by atoms with E-state index >= 15 is 0 Å². The van der Waals surface area contributed by atoms with E-state index < -0.39 is 11.9 Å². The number of aliphatic carboxylic acids is 1. The number of carboxylic acid groups (broad SMARTS) is 1. The molecular weight excluding hydrogens is 218 g/mol. The zero-order chi connectivity index (χ0) is 12.8. The average Bonchev–Trinajstić information content (AvgIpc) is 2.28. The summed E-state index contributed by atoms with van der Waals surface area (Å²) in [6.07, 6.45) is 0. The summed E-state index contributed by atoms with van der Waals surface area (Å²) in [5.41, 5.74) is 2.62. The Morgan fingerprint density at radius 1 is 1.35 bits per heavy atom. The van der Waals surface area contributed by atoms with Crippen LogP contribution >= 0.6 is 0 Å². The van der Waals surface area contributed by atoms with E-state index in [1.165, 1.54) is 0 Å². The molecule has 0 aliphatic rings. The fourth-order valence-corrected chi connectivity index (χ4v) is 1.28. The van der Waals surface area contributed by atoms with Crippen LogP contribution in [0.2, 0.25) is 0 Å². The molecule has 0 bridgehead atoms. The highest BCUT2D eigenvalue weighted by Gasteiger charge is 2.12. The lowest BCUT2D eigenvalue weighted by Gasteiger charge is -2.07. The van der Waals surface area contributed by atoms with E-state index in [2.05, 4.69) is 5.16 Å². The van der Waals surface area contributed by atoms with Crippen molar-refractivity contribution in [1.29, 1.82) is 0 Å². The van der Waals surface area contributed by atoms with Gasteiger partial charge >= 0.3 is 5.97 Å². The van der Waals surface area contributed by atoms with E-state index in [4.69, 9.17) is 9.94 Å². The summed E-state index contributed by atoms with van der Waals surface area (Å²) in [6, 6.07) is 7.32. The Balaban J connectivity index is 2.62. The van der Waals surface area contributed by atoms with E-state index in [0.717, 1.165) is 16.8 Å². The molecule has 92 valence electrons. The third-order valence-corrected chi connectivity index (χ3v) is 2.33. The van der Waals surface area contributed by atoms with Crippen molar-refractivity contribution < 1.29 is 14.7 Å². The molecule has 0 amide bonds. The van der Waals surface area contributed by atoms with Gasteiger partial charge in [-0.05, 0) is 31.9 Å². The van der Waals surface area contributed by atoms with E-state index in [1.807, 2.05) is 26.0 Å². The molecule has 1 rings (SSSR count). The summed E-state index contributed by atoms with van der Waals surface area (Å²) in [5, 5.41) is 12.7. The van der Waals surface area contributed by atoms with Gasteiger partial charge in [0, 0.05) is 0 Å². The third-order valence-electron chi connectivity index (χ3n) is 2.33. The first-order valence-electron chi connectivity index (χ1n) is 5.45. The Bertz CT molecular complexity index is 405. The summed E-state index contributed by atoms with van der Waals surface area (Å²) in [7, 11) is 0. The second kappa shape index (κ2) is 6.03. The van der Waals surface area contributed by atoms with Crippen LogP contribution in [0, 0.1) is 0 Å². The Morgan fingerprint density at radius 2 is 1.94 bits per heavy atom. The van der Waals surface area contributed by atoms with E-state index in [9.17, 15) is 4.79 Å². The van der Waals surface area contributed by atoms with Crippen molar-refractivity contribution in [3.8, 4) is 0 Å². The molecule has 1 aromatic rings. The van der Waals surface area contributed by atoms with Gasteiger partial charge in [0.2, 0.25) is 0 Å². The van der Waals surface area contributed by atoms with Crippen molar-refractivity contribution in [2.45, 2.75) is 33.3 Å². The van der Waals surface area contributed by atoms with Crippen LogP contribution in [0.5, 0.6) is 0 Å². The summed E-state index contributed by atoms with van der Waals surface area (Å²) in [4.78, 5) is 15.9. The van der Waals surface area contributed by atoms with Crippen molar-refractivity contribution in [3.63, 3.8) is 0 Å². The van der Waals surface area contributed by atoms with Gasteiger partial charge in [-0.1, -0.05) is 29.4 Å². The second-order valence-corrected chi connectivity index (χ2v) is 4.11. The maximum atomic E-state index is 10.8. The largest absolute Gasteiger partial charge is 0.481 e. The number of hydrogen-bond donors (Lipinski definition) is 1. The van der Waals surface area contributed by atoms with Gasteiger partial charge in [-0.25, -0.2) is 0 Å². The smallest absolute Gasteiger partial charge is 0.310 e. The third kappa shape index (κ3) is 4.26. The molecule has 1 N–H and O–H groups in total. The van der Waals surface area contributed by atoms with Gasteiger partial charge in [-0.15, -0.1) is 0 Å². The van der Waals surface area contributed by atoms with Gasteiger partial charge in [0.25, 0.3) is 0 Å². The maximum Gasteiger partial charge on any atom is 0.310 e. The normalized spacial score (nSPS) is 11.7. The minimum atomic E-state index is -0.819. The van der Waals surface area contributed by atoms with Crippen molar-refractivity contribution in [1.82, 2.24) is 0 Å². The van der Waals surface area contributed by atoms with Crippen LogP contribution in [0.15, 0.2) is 29.4 Å². The molecule has 4 nitrogen and oxygen atoms in total. The molecule has 0 aliphatic heterocycles. The Kier molecular flexibility index (Phi) is 4.69. The van der Waals surface area contributed by atoms with Gasteiger partial charge in [0.15, 0.2) is 0 Å². The Hall–Kier alpha value is -1.84. The van der Waals surface area contributed by atoms with Crippen LogP contribution in [0.3, 0.4) is 0 Å². The molecule has 1 atom stereocenters. The van der Waals surface area contributed by atoms with E-state index in [1.54, 1.807) is 19.1 Å². The van der Waals surface area contributed by atoms with Gasteiger partial charge in [-0.3, -0.25) is 4.79 Å². The summed E-state index contributed by atoms with van der Waals surface area (Å²) >= 11 is 0. The molecule has 0 aromatic heterocycles. The minimum Gasteiger partial charge on any atom is -0.481 e. The van der Waals surface area contributed by atoms with Crippen molar-refractivity contribution in [2.24, 2.45) is 5.16 Å². The highest BCUT2D eigenvalue weighted by atomic mass is 16.6. The molecule has 0 saturated carbocycles. The predicted octanol–water partition coefficient (Wildman–Crippen LogP) is 2.79. The monoisotopic (exact) mass is 235 g/mol. The van der Waals surface area contributed by atoms with Gasteiger partial charge in [0.05, 0.1) is 11.6 Å². The quantitative estimate of drug-likeness (QED) is 0.630. The molecular formula is C13H17NO3. The zero-order valence-corrected chi connectivity index (χ0v) is 10.3. The Labute approximate surface area is 101 Å². The molecule has 17 heavy (non-hydrogen) atoms. The molecule has 0 spiro atoms. The zero-order valence-electron chi connectivity index (χ0n) is 10.3. The lowest BCUT2D eigenvalue weighted by molar-refractivity contribution is -0.138. The lowest BCUT2D eigenvalue weighted by Crippen LogP contribution is -2.07. The highest BCUT2D eigenvalue weighted by molar-refractivity contribution is 5.78. The molecule has 1 unspecified atom stereocenters. The topological polar surface area (TPSA) is 58.9 Å². The highest BCUT2D eigenvalue weighted by Crippen LogP contribution is 2.16. The van der Waals surface area contributed by atoms with Gasteiger partial charge in [0.1, 0.15) is 6.61 Å². The molecule has 0 heterocycles. The molecule has 0 radical (unpaired) electrons. The van der Waals surface area contributed by atoms with Crippen LogP contribution < -0.4 is 0 Å². The summed E-state index contributed by atoms with van der Waals surface area (Å²) < 4.78 is 0. The lowest BCUT2D eigenvalue weighted by atomic mass is 10.0. The molecule has 0 aliphatic carbocycles. The Morgan fingerprint density at radius 3 is 2.41 bits per heavy atom. The first-order chi connectivity index (χ1) is 8.00. The van der Waals surface area contributed by atoms with Crippen molar-refractivity contribution in [2.75, 3.05) is 0 Å². The number of carboxylic acids is 1. The number of carbonyl (C=O) groups is 1. The minimum absolute atomic E-state index is 0.396. The summed E-state index contributed by atoms with van der Waals surface area (Å²) in [6.45, 7) is 5.78. The van der Waals surface area contributed by atoms with Crippen molar-refractivity contribution >= 4 is 11.7 Å². The van der Waals surface area contributed by atoms with Gasteiger partial charge < -0.3 is 9.94 Å². The predicted molar refractivity (Wildman–Crippen MR) is 66.1 cm³/mol. The second-order valence-electron chi connectivity index (χ2n) is 4.11. The van der Waals surface area contributed by atoms with Gasteiger partial charge in [-0.2, -0.15) is 0 Å². The molecule has 4 heteroatoms. The number of oxime groups is 1. The maximum absolute atomic E-state index is 10.8. The van der Waals surface area contributed by atoms with Crippen LogP contribution in [-0.2, 0) is 16.2 Å². The molecule has 0 saturated heterocycles. The first kappa shape index (κ1) is 13.2. The van der Waals surface area contributed by atoms with Crippen molar-refractivity contribution in [3.05, 3.63) is 35.4 Å². The van der Waals surface area contributed by atoms with E-state index in [0.29, 0.717) is 6.61 Å². The molecule has 0 fully saturated rings. The number of nitrogens with zero attached hydrogens (tertiary/aromatic N) is 1.